The van der Waals surface area contributed by atoms with Gasteiger partial charge in [0.2, 0.25) is 11.8 Å². The van der Waals surface area contributed by atoms with Gasteiger partial charge in [0.05, 0.1) is 19.2 Å². The average Bonchev–Trinajstić information content (AvgIpc) is 3.16. The van der Waals surface area contributed by atoms with E-state index < -0.39 is 0 Å². The molecular formula is C21H22N4O3. The van der Waals surface area contributed by atoms with Crippen molar-refractivity contribution in [1.29, 1.82) is 0 Å². The van der Waals surface area contributed by atoms with Gasteiger partial charge in [0.25, 0.3) is 5.89 Å². The first kappa shape index (κ1) is 18.2. The smallest absolute Gasteiger partial charge is 0.251 e. The number of rotatable bonds is 5. The lowest BCUT2D eigenvalue weighted by atomic mass is 9.97. The van der Waals surface area contributed by atoms with Crippen LogP contribution in [-0.2, 0) is 24.3 Å². The molecule has 1 aromatic heterocycles. The van der Waals surface area contributed by atoms with E-state index in [2.05, 4.69) is 26.5 Å². The molecule has 0 saturated carbocycles. The number of hydrogen-bond acceptors (Lipinski definition) is 6. The Morgan fingerprint density at radius 1 is 1.21 bits per heavy atom. The predicted octanol–water partition coefficient (Wildman–Crippen LogP) is 3.26. The third-order valence-electron chi connectivity index (χ3n) is 4.82. The minimum absolute atomic E-state index is 0.0504. The van der Waals surface area contributed by atoms with Gasteiger partial charge in [0.1, 0.15) is 5.75 Å². The Morgan fingerprint density at radius 3 is 2.89 bits per heavy atom. The van der Waals surface area contributed by atoms with Crippen molar-refractivity contribution >= 4 is 11.6 Å². The molecule has 1 aliphatic rings. The van der Waals surface area contributed by atoms with E-state index in [9.17, 15) is 4.79 Å². The molecular weight excluding hydrogens is 356 g/mol. The average molecular weight is 378 g/mol. The number of benzene rings is 2. The highest BCUT2D eigenvalue weighted by Gasteiger charge is 2.21. The van der Waals surface area contributed by atoms with Gasteiger partial charge in [-0.2, -0.15) is 0 Å². The quantitative estimate of drug-likeness (QED) is 0.734. The maximum absolute atomic E-state index is 11.4. The number of carbonyl (C=O) groups is 1. The van der Waals surface area contributed by atoms with Gasteiger partial charge in [0, 0.05) is 25.7 Å². The molecule has 0 spiro atoms. The van der Waals surface area contributed by atoms with Gasteiger partial charge in [-0.1, -0.05) is 24.3 Å². The van der Waals surface area contributed by atoms with Gasteiger partial charge in [-0.3, -0.25) is 9.69 Å². The SMILES string of the molecule is COc1ccccc1-c1nnc(CN2CCc3c(cccc3NC(C)=O)C2)o1. The normalized spacial score (nSPS) is 13.8. The zero-order valence-electron chi connectivity index (χ0n) is 15.9. The number of anilines is 1. The number of ether oxygens (including phenoxy) is 1. The van der Waals surface area contributed by atoms with E-state index in [-0.39, 0.29) is 5.91 Å². The lowest BCUT2D eigenvalue weighted by molar-refractivity contribution is -0.114. The molecule has 0 saturated heterocycles. The summed E-state index contributed by atoms with van der Waals surface area (Å²) in [5.74, 6) is 1.68. The van der Waals surface area contributed by atoms with Crippen LogP contribution in [0.1, 0.15) is 23.9 Å². The third kappa shape index (κ3) is 3.75. The summed E-state index contributed by atoms with van der Waals surface area (Å²) in [6, 6.07) is 13.6. The maximum atomic E-state index is 11.4. The molecule has 0 fully saturated rings. The zero-order chi connectivity index (χ0) is 19.5. The number of carbonyl (C=O) groups excluding carboxylic acids is 1. The molecule has 4 rings (SSSR count). The Labute approximate surface area is 163 Å². The molecule has 3 aromatic rings. The second kappa shape index (κ2) is 7.82. The number of nitrogens with one attached hydrogen (secondary N) is 1. The second-order valence-corrected chi connectivity index (χ2v) is 6.79. The van der Waals surface area contributed by atoms with Gasteiger partial charge in [-0.25, -0.2) is 0 Å². The van der Waals surface area contributed by atoms with Crippen LogP contribution < -0.4 is 10.1 Å². The van der Waals surface area contributed by atoms with Crippen molar-refractivity contribution in [3.05, 3.63) is 59.5 Å². The molecule has 0 atom stereocenters. The van der Waals surface area contributed by atoms with Crippen molar-refractivity contribution in [1.82, 2.24) is 15.1 Å². The van der Waals surface area contributed by atoms with Gasteiger partial charge in [-0.05, 0) is 35.7 Å². The molecule has 28 heavy (non-hydrogen) atoms. The fourth-order valence-corrected chi connectivity index (χ4v) is 3.55. The number of aromatic nitrogens is 2. The predicted molar refractivity (Wildman–Crippen MR) is 105 cm³/mol. The first-order valence-corrected chi connectivity index (χ1v) is 9.20. The molecule has 7 nitrogen and oxygen atoms in total. The second-order valence-electron chi connectivity index (χ2n) is 6.79. The highest BCUT2D eigenvalue weighted by molar-refractivity contribution is 5.89. The fourth-order valence-electron chi connectivity index (χ4n) is 3.55. The summed E-state index contributed by atoms with van der Waals surface area (Å²) in [6.45, 7) is 3.74. The van der Waals surface area contributed by atoms with Crippen LogP contribution in [0.15, 0.2) is 46.9 Å². The Balaban J connectivity index is 1.48. The van der Waals surface area contributed by atoms with Crippen LogP contribution in [0.25, 0.3) is 11.5 Å². The summed E-state index contributed by atoms with van der Waals surface area (Å²) in [6.07, 6.45) is 0.860. The summed E-state index contributed by atoms with van der Waals surface area (Å²) in [4.78, 5) is 13.7. The lowest BCUT2D eigenvalue weighted by Crippen LogP contribution is -2.30. The van der Waals surface area contributed by atoms with Gasteiger partial charge in [-0.15, -0.1) is 10.2 Å². The highest BCUT2D eigenvalue weighted by Crippen LogP contribution is 2.30. The Bertz CT molecular complexity index is 999. The molecule has 1 amide bonds. The summed E-state index contributed by atoms with van der Waals surface area (Å²) in [7, 11) is 1.62. The molecule has 2 aromatic carbocycles. The van der Waals surface area contributed by atoms with Gasteiger partial charge in [0.15, 0.2) is 0 Å². The molecule has 0 bridgehead atoms. The number of hydrogen-bond donors (Lipinski definition) is 1. The van der Waals surface area contributed by atoms with E-state index >= 15 is 0 Å². The van der Waals surface area contributed by atoms with Crippen molar-refractivity contribution in [3.63, 3.8) is 0 Å². The van der Waals surface area contributed by atoms with E-state index in [0.29, 0.717) is 24.1 Å². The van der Waals surface area contributed by atoms with Crippen LogP contribution in [0.3, 0.4) is 0 Å². The molecule has 1 aliphatic heterocycles. The Hall–Kier alpha value is -3.19. The van der Waals surface area contributed by atoms with Crippen molar-refractivity contribution in [2.24, 2.45) is 0 Å². The molecule has 144 valence electrons. The number of nitrogens with zero attached hydrogens (tertiary/aromatic N) is 3. The van der Waals surface area contributed by atoms with Crippen molar-refractivity contribution < 1.29 is 13.9 Å². The van der Waals surface area contributed by atoms with Crippen molar-refractivity contribution in [2.45, 2.75) is 26.4 Å². The van der Waals surface area contributed by atoms with Crippen molar-refractivity contribution in [2.75, 3.05) is 19.0 Å². The maximum Gasteiger partial charge on any atom is 0.251 e. The monoisotopic (exact) mass is 378 g/mol. The molecule has 2 heterocycles. The lowest BCUT2D eigenvalue weighted by Gasteiger charge is -2.28. The standard InChI is InChI=1S/C21H22N4O3/c1-14(26)22-18-8-5-6-15-12-25(11-10-16(15)18)13-20-23-24-21(28-20)17-7-3-4-9-19(17)27-2/h3-9H,10-13H2,1-2H3,(H,22,26). The van der Waals surface area contributed by atoms with E-state index in [1.54, 1.807) is 7.11 Å². The molecule has 0 aliphatic carbocycles. The van der Waals surface area contributed by atoms with E-state index in [0.717, 1.165) is 30.8 Å². The van der Waals surface area contributed by atoms with E-state index in [1.165, 1.54) is 18.1 Å². The van der Waals surface area contributed by atoms with Crippen LogP contribution in [0.2, 0.25) is 0 Å². The first-order valence-electron chi connectivity index (χ1n) is 9.20. The highest BCUT2D eigenvalue weighted by atomic mass is 16.5. The van der Waals surface area contributed by atoms with Crippen LogP contribution in [0.4, 0.5) is 5.69 Å². The Morgan fingerprint density at radius 2 is 2.07 bits per heavy atom. The minimum Gasteiger partial charge on any atom is -0.496 e. The topological polar surface area (TPSA) is 80.5 Å². The third-order valence-corrected chi connectivity index (χ3v) is 4.82. The van der Waals surface area contributed by atoms with Gasteiger partial charge >= 0.3 is 0 Å². The summed E-state index contributed by atoms with van der Waals surface area (Å²) < 4.78 is 11.2. The van der Waals surface area contributed by atoms with Crippen LogP contribution in [0.5, 0.6) is 5.75 Å². The molecule has 1 N–H and O–H groups in total. The van der Waals surface area contributed by atoms with Crippen LogP contribution >= 0.6 is 0 Å². The largest absolute Gasteiger partial charge is 0.496 e. The fraction of sp³-hybridized carbons (Fsp3) is 0.286. The van der Waals surface area contributed by atoms with Gasteiger partial charge < -0.3 is 14.5 Å². The van der Waals surface area contributed by atoms with E-state index in [1.807, 2.05) is 36.4 Å². The zero-order valence-corrected chi connectivity index (χ0v) is 15.9. The number of para-hydroxylation sites is 1. The molecule has 7 heteroatoms. The van der Waals surface area contributed by atoms with Crippen molar-refractivity contribution in [3.8, 4) is 17.2 Å². The Kier molecular flexibility index (Phi) is 5.08. The van der Waals surface area contributed by atoms with Crippen LogP contribution in [-0.4, -0.2) is 34.7 Å². The number of amides is 1. The van der Waals surface area contributed by atoms with E-state index in [4.69, 9.17) is 9.15 Å². The van der Waals surface area contributed by atoms with Crippen LogP contribution in [0, 0.1) is 0 Å². The number of methoxy groups -OCH3 is 1. The summed E-state index contributed by atoms with van der Waals surface area (Å²) >= 11 is 0. The summed E-state index contributed by atoms with van der Waals surface area (Å²) in [5.41, 5.74) is 4.10. The molecule has 0 radical (unpaired) electrons. The summed E-state index contributed by atoms with van der Waals surface area (Å²) in [5, 5.41) is 11.3. The molecule has 0 unspecified atom stereocenters. The first-order chi connectivity index (χ1) is 13.6. The number of fused-ring (bicyclic) bond motifs is 1. The minimum atomic E-state index is -0.0504.